The molecule has 1 nitrogen and oxygen atoms in total. The Bertz CT molecular complexity index is 211. The summed E-state index contributed by atoms with van der Waals surface area (Å²) < 4.78 is 0. The Kier molecular flexibility index (Phi) is 4.25. The minimum atomic E-state index is 0.392. The SMILES string of the molecule is NC(C1=CCCCC1)C1CCCCCC1. The number of allylic oxidation sites excluding steroid dienone is 1. The van der Waals surface area contributed by atoms with Gasteiger partial charge < -0.3 is 5.73 Å². The monoisotopic (exact) mass is 207 g/mol. The van der Waals surface area contributed by atoms with Crippen molar-refractivity contribution in [2.24, 2.45) is 11.7 Å². The Balaban J connectivity index is 1.92. The van der Waals surface area contributed by atoms with Gasteiger partial charge >= 0.3 is 0 Å². The minimum absolute atomic E-state index is 0.392. The largest absolute Gasteiger partial charge is 0.324 e. The molecule has 0 bridgehead atoms. The number of rotatable bonds is 2. The molecule has 15 heavy (non-hydrogen) atoms. The summed E-state index contributed by atoms with van der Waals surface area (Å²) in [6.45, 7) is 0. The van der Waals surface area contributed by atoms with E-state index in [0.717, 1.165) is 5.92 Å². The molecule has 2 aliphatic carbocycles. The molecule has 2 N–H and O–H groups in total. The van der Waals surface area contributed by atoms with E-state index in [4.69, 9.17) is 5.73 Å². The van der Waals surface area contributed by atoms with Gasteiger partial charge in [-0.05, 0) is 44.4 Å². The van der Waals surface area contributed by atoms with E-state index in [9.17, 15) is 0 Å². The average Bonchev–Trinajstić information content (AvgIpc) is 2.58. The summed E-state index contributed by atoms with van der Waals surface area (Å²) in [4.78, 5) is 0. The first kappa shape index (κ1) is 11.2. The summed E-state index contributed by atoms with van der Waals surface area (Å²) in [7, 11) is 0. The Labute approximate surface area is 94.1 Å². The minimum Gasteiger partial charge on any atom is -0.324 e. The summed E-state index contributed by atoms with van der Waals surface area (Å²) in [6.07, 6.45) is 16.2. The van der Waals surface area contributed by atoms with Gasteiger partial charge in [0.1, 0.15) is 0 Å². The van der Waals surface area contributed by atoms with Gasteiger partial charge in [0.15, 0.2) is 0 Å². The van der Waals surface area contributed by atoms with Crippen LogP contribution in [0.5, 0.6) is 0 Å². The van der Waals surface area contributed by atoms with Gasteiger partial charge in [0.2, 0.25) is 0 Å². The van der Waals surface area contributed by atoms with E-state index in [1.165, 1.54) is 64.2 Å². The first-order valence-electron chi connectivity index (χ1n) is 6.82. The van der Waals surface area contributed by atoms with Crippen molar-refractivity contribution in [2.45, 2.75) is 70.3 Å². The van der Waals surface area contributed by atoms with Crippen LogP contribution in [0.3, 0.4) is 0 Å². The van der Waals surface area contributed by atoms with Crippen LogP contribution >= 0.6 is 0 Å². The van der Waals surface area contributed by atoms with Crippen LogP contribution in [0.15, 0.2) is 11.6 Å². The number of hydrogen-bond donors (Lipinski definition) is 1. The smallest absolute Gasteiger partial charge is 0.0282 e. The summed E-state index contributed by atoms with van der Waals surface area (Å²) in [6, 6.07) is 0.392. The lowest BCUT2D eigenvalue weighted by Crippen LogP contribution is -2.32. The fraction of sp³-hybridized carbons (Fsp3) is 0.857. The van der Waals surface area contributed by atoms with Crippen LogP contribution in [0.2, 0.25) is 0 Å². The molecule has 0 aromatic rings. The second-order valence-corrected chi connectivity index (χ2v) is 5.30. The molecule has 2 rings (SSSR count). The zero-order valence-electron chi connectivity index (χ0n) is 9.88. The van der Waals surface area contributed by atoms with Gasteiger partial charge in [-0.1, -0.05) is 37.3 Å². The van der Waals surface area contributed by atoms with Crippen molar-refractivity contribution in [3.63, 3.8) is 0 Å². The van der Waals surface area contributed by atoms with Crippen LogP contribution in [-0.4, -0.2) is 6.04 Å². The molecule has 1 saturated carbocycles. The fourth-order valence-corrected chi connectivity index (χ4v) is 3.14. The first-order chi connectivity index (χ1) is 7.38. The van der Waals surface area contributed by atoms with Crippen LogP contribution < -0.4 is 5.73 Å². The first-order valence-corrected chi connectivity index (χ1v) is 6.82. The molecule has 0 aromatic carbocycles. The summed E-state index contributed by atoms with van der Waals surface area (Å²) in [5.74, 6) is 0.789. The van der Waals surface area contributed by atoms with Crippen molar-refractivity contribution in [3.8, 4) is 0 Å². The standard InChI is InChI=1S/C14H25N/c15-14(13-10-6-3-7-11-13)12-8-4-1-2-5-9-12/h10,12,14H,1-9,11,15H2. The van der Waals surface area contributed by atoms with E-state index < -0.39 is 0 Å². The fourth-order valence-electron chi connectivity index (χ4n) is 3.14. The highest BCUT2D eigenvalue weighted by atomic mass is 14.7. The van der Waals surface area contributed by atoms with Crippen LogP contribution in [0.4, 0.5) is 0 Å². The number of hydrogen-bond acceptors (Lipinski definition) is 1. The van der Waals surface area contributed by atoms with Crippen LogP contribution in [0.25, 0.3) is 0 Å². The molecule has 0 heterocycles. The van der Waals surface area contributed by atoms with Crippen LogP contribution in [0.1, 0.15) is 64.2 Å². The maximum atomic E-state index is 6.42. The highest BCUT2D eigenvalue weighted by Gasteiger charge is 2.22. The van der Waals surface area contributed by atoms with E-state index in [1.54, 1.807) is 5.57 Å². The molecule has 0 aliphatic heterocycles. The molecule has 0 spiro atoms. The highest BCUT2D eigenvalue weighted by molar-refractivity contribution is 5.13. The van der Waals surface area contributed by atoms with Gasteiger partial charge in [-0.2, -0.15) is 0 Å². The van der Waals surface area contributed by atoms with Crippen molar-refractivity contribution < 1.29 is 0 Å². The molecule has 1 fully saturated rings. The third-order valence-corrected chi connectivity index (χ3v) is 4.16. The van der Waals surface area contributed by atoms with E-state index in [0.29, 0.717) is 6.04 Å². The zero-order chi connectivity index (χ0) is 10.5. The molecule has 1 unspecified atom stereocenters. The molecule has 0 radical (unpaired) electrons. The third kappa shape index (κ3) is 3.07. The van der Waals surface area contributed by atoms with Crippen LogP contribution in [-0.2, 0) is 0 Å². The molecule has 2 aliphatic rings. The van der Waals surface area contributed by atoms with Gasteiger partial charge in [-0.15, -0.1) is 0 Å². The molecular formula is C14H25N. The Morgan fingerprint density at radius 2 is 1.73 bits per heavy atom. The van der Waals surface area contributed by atoms with Gasteiger partial charge in [-0.3, -0.25) is 0 Å². The third-order valence-electron chi connectivity index (χ3n) is 4.16. The molecule has 1 heteroatoms. The van der Waals surface area contributed by atoms with Gasteiger partial charge in [0.25, 0.3) is 0 Å². The van der Waals surface area contributed by atoms with E-state index in [-0.39, 0.29) is 0 Å². The van der Waals surface area contributed by atoms with Gasteiger partial charge in [0.05, 0.1) is 0 Å². The maximum absolute atomic E-state index is 6.42. The van der Waals surface area contributed by atoms with Crippen molar-refractivity contribution in [3.05, 3.63) is 11.6 Å². The van der Waals surface area contributed by atoms with Gasteiger partial charge in [0, 0.05) is 6.04 Å². The molecule has 86 valence electrons. The molecule has 0 amide bonds. The summed E-state index contributed by atoms with van der Waals surface area (Å²) >= 11 is 0. The highest BCUT2D eigenvalue weighted by Crippen LogP contribution is 2.30. The Hall–Kier alpha value is -0.300. The van der Waals surface area contributed by atoms with E-state index >= 15 is 0 Å². The van der Waals surface area contributed by atoms with Crippen molar-refractivity contribution >= 4 is 0 Å². The molecule has 0 saturated heterocycles. The van der Waals surface area contributed by atoms with Crippen molar-refractivity contribution in [1.82, 2.24) is 0 Å². The zero-order valence-corrected chi connectivity index (χ0v) is 9.88. The predicted molar refractivity (Wildman–Crippen MR) is 65.7 cm³/mol. The predicted octanol–water partition coefficient (Wildman–Crippen LogP) is 3.78. The summed E-state index contributed by atoms with van der Waals surface area (Å²) in [5, 5.41) is 0. The maximum Gasteiger partial charge on any atom is 0.0282 e. The number of nitrogens with two attached hydrogens (primary N) is 1. The van der Waals surface area contributed by atoms with E-state index in [2.05, 4.69) is 6.08 Å². The Morgan fingerprint density at radius 3 is 2.33 bits per heavy atom. The topological polar surface area (TPSA) is 26.0 Å². The van der Waals surface area contributed by atoms with Gasteiger partial charge in [-0.25, -0.2) is 0 Å². The lowest BCUT2D eigenvalue weighted by Gasteiger charge is -2.27. The molecular weight excluding hydrogens is 182 g/mol. The lowest BCUT2D eigenvalue weighted by molar-refractivity contribution is 0.395. The van der Waals surface area contributed by atoms with E-state index in [1.807, 2.05) is 0 Å². The lowest BCUT2D eigenvalue weighted by atomic mass is 9.83. The second kappa shape index (κ2) is 5.69. The normalized spacial score (nSPS) is 26.9. The average molecular weight is 207 g/mol. The van der Waals surface area contributed by atoms with Crippen molar-refractivity contribution in [1.29, 1.82) is 0 Å². The summed E-state index contributed by atoms with van der Waals surface area (Å²) in [5.41, 5.74) is 8.00. The molecule has 0 aromatic heterocycles. The van der Waals surface area contributed by atoms with Crippen LogP contribution in [0, 0.1) is 5.92 Å². The second-order valence-electron chi connectivity index (χ2n) is 5.30. The quantitative estimate of drug-likeness (QED) is 0.541. The molecule has 1 atom stereocenters. The Morgan fingerprint density at radius 1 is 1.00 bits per heavy atom. The van der Waals surface area contributed by atoms with Crippen molar-refractivity contribution in [2.75, 3.05) is 0 Å².